The molecule has 7 nitrogen and oxygen atoms in total. The first-order valence-electron chi connectivity index (χ1n) is 12.0. The molecule has 0 atom stereocenters. The summed E-state index contributed by atoms with van der Waals surface area (Å²) in [6.07, 6.45) is 2.87. The van der Waals surface area contributed by atoms with Crippen molar-refractivity contribution in [3.8, 4) is 17.0 Å². The number of nitrogens with one attached hydrogen (secondary N) is 1. The summed E-state index contributed by atoms with van der Waals surface area (Å²) in [6.45, 7) is 1.78. The number of benzene rings is 2. The zero-order valence-corrected chi connectivity index (χ0v) is 20.0. The highest BCUT2D eigenvalue weighted by molar-refractivity contribution is 5.80. The third-order valence-corrected chi connectivity index (χ3v) is 6.37. The van der Waals surface area contributed by atoms with E-state index in [0.29, 0.717) is 43.9 Å². The number of aromatic nitrogens is 2. The number of carbonyl (C=O) groups is 2. The molecule has 3 aromatic rings. The second kappa shape index (κ2) is 11.6. The molecular weight excluding hydrogens is 447 g/mol. The molecule has 0 bridgehead atoms. The van der Waals surface area contributed by atoms with Gasteiger partial charge < -0.3 is 14.5 Å². The summed E-state index contributed by atoms with van der Waals surface area (Å²) in [7, 11) is 1.83. The smallest absolute Gasteiger partial charge is 0.260 e. The van der Waals surface area contributed by atoms with Crippen LogP contribution in [0.4, 0.5) is 4.39 Å². The second-order valence-electron chi connectivity index (χ2n) is 8.91. The van der Waals surface area contributed by atoms with Gasteiger partial charge in [-0.05, 0) is 56.0 Å². The second-order valence-corrected chi connectivity index (χ2v) is 8.91. The number of nitrogens with zero attached hydrogens (tertiary/aromatic N) is 3. The van der Waals surface area contributed by atoms with E-state index < -0.39 is 0 Å². The number of piperidine rings is 1. The molecule has 1 fully saturated rings. The number of halogens is 1. The quantitative estimate of drug-likeness (QED) is 0.506. The molecule has 1 aliphatic heterocycles. The maximum Gasteiger partial charge on any atom is 0.260 e. The maximum atomic E-state index is 13.4. The van der Waals surface area contributed by atoms with Crippen LogP contribution in [0.5, 0.6) is 5.75 Å². The minimum atomic E-state index is -0.289. The maximum absolute atomic E-state index is 13.4. The molecule has 1 N–H and O–H groups in total. The summed E-state index contributed by atoms with van der Waals surface area (Å²) < 4.78 is 19.0. The summed E-state index contributed by atoms with van der Waals surface area (Å²) in [5.41, 5.74) is 2.39. The highest BCUT2D eigenvalue weighted by Crippen LogP contribution is 2.21. The number of para-hydroxylation sites is 1. The van der Waals surface area contributed by atoms with Crippen LogP contribution in [0.1, 0.15) is 25.0 Å². The molecule has 2 heterocycles. The minimum Gasteiger partial charge on any atom is -0.484 e. The Bertz CT molecular complexity index is 1130. The summed E-state index contributed by atoms with van der Waals surface area (Å²) in [5, 5.41) is 7.27. The third-order valence-electron chi connectivity index (χ3n) is 6.37. The first-order valence-corrected chi connectivity index (χ1v) is 12.0. The average Bonchev–Trinajstić information content (AvgIpc) is 3.36. The van der Waals surface area contributed by atoms with Crippen LogP contribution in [0.15, 0.2) is 60.7 Å². The van der Waals surface area contributed by atoms with E-state index in [1.54, 1.807) is 15.9 Å². The van der Waals surface area contributed by atoms with Gasteiger partial charge in [-0.15, -0.1) is 0 Å². The molecule has 1 aromatic heterocycles. The van der Waals surface area contributed by atoms with Crippen molar-refractivity contribution in [1.82, 2.24) is 20.0 Å². The molecule has 0 saturated carbocycles. The number of aromatic amines is 1. The Kier molecular flexibility index (Phi) is 8.13. The van der Waals surface area contributed by atoms with Gasteiger partial charge in [-0.25, -0.2) is 4.39 Å². The Hall–Kier alpha value is -3.68. The molecular formula is C27H31FN4O3. The van der Waals surface area contributed by atoms with Gasteiger partial charge >= 0.3 is 0 Å². The number of amides is 2. The molecule has 1 saturated heterocycles. The van der Waals surface area contributed by atoms with E-state index in [4.69, 9.17) is 4.74 Å². The molecule has 0 unspecified atom stereocenters. The lowest BCUT2D eigenvalue weighted by atomic mass is 9.95. The van der Waals surface area contributed by atoms with Crippen molar-refractivity contribution in [2.75, 3.05) is 33.3 Å². The van der Waals surface area contributed by atoms with Gasteiger partial charge in [0, 0.05) is 43.9 Å². The van der Waals surface area contributed by atoms with Gasteiger partial charge in [-0.3, -0.25) is 14.7 Å². The van der Waals surface area contributed by atoms with Gasteiger partial charge in [0.15, 0.2) is 6.61 Å². The van der Waals surface area contributed by atoms with Gasteiger partial charge in [-0.2, -0.15) is 5.10 Å². The SMILES string of the molecule is CN(CCCc1cc(-c2cccc(F)c2)n[nH]1)C(=O)C1CCN(C(=O)COc2ccccc2)CC1. The van der Waals surface area contributed by atoms with Crippen LogP contribution >= 0.6 is 0 Å². The predicted octanol–water partition coefficient (Wildman–Crippen LogP) is 3.92. The third kappa shape index (κ3) is 6.68. The van der Waals surface area contributed by atoms with Crippen LogP contribution in [-0.4, -0.2) is 65.1 Å². The molecule has 184 valence electrons. The van der Waals surface area contributed by atoms with E-state index in [-0.39, 0.29) is 30.2 Å². The lowest BCUT2D eigenvalue weighted by Crippen LogP contribution is -2.45. The lowest BCUT2D eigenvalue weighted by Gasteiger charge is -2.33. The van der Waals surface area contributed by atoms with Crippen molar-refractivity contribution >= 4 is 11.8 Å². The van der Waals surface area contributed by atoms with Crippen molar-refractivity contribution in [2.24, 2.45) is 5.92 Å². The Morgan fingerprint density at radius 2 is 1.89 bits per heavy atom. The summed E-state index contributed by atoms with van der Waals surface area (Å²) >= 11 is 0. The van der Waals surface area contributed by atoms with Crippen LogP contribution in [0.3, 0.4) is 0 Å². The standard InChI is InChI=1S/C27H31FN4O3/c1-31(14-6-9-23-18-25(30-29-23)21-7-5-8-22(28)17-21)27(34)20-12-15-32(16-13-20)26(33)19-35-24-10-3-2-4-11-24/h2-5,7-8,10-11,17-18,20H,6,9,12-16,19H2,1H3,(H,29,30). The number of hydrogen-bond acceptors (Lipinski definition) is 4. The van der Waals surface area contributed by atoms with Crippen LogP contribution in [0.25, 0.3) is 11.3 Å². The highest BCUT2D eigenvalue weighted by Gasteiger charge is 2.29. The van der Waals surface area contributed by atoms with E-state index in [0.717, 1.165) is 24.1 Å². The molecule has 0 spiro atoms. The van der Waals surface area contributed by atoms with E-state index in [9.17, 15) is 14.0 Å². The van der Waals surface area contributed by atoms with E-state index in [1.807, 2.05) is 49.5 Å². The number of likely N-dealkylation sites (tertiary alicyclic amines) is 1. The number of hydrogen-bond donors (Lipinski definition) is 1. The fraction of sp³-hybridized carbons (Fsp3) is 0.370. The Balaban J connectivity index is 1.17. The van der Waals surface area contributed by atoms with Crippen molar-refractivity contribution in [3.63, 3.8) is 0 Å². The largest absolute Gasteiger partial charge is 0.484 e. The highest BCUT2D eigenvalue weighted by atomic mass is 19.1. The normalized spacial score (nSPS) is 14.1. The van der Waals surface area contributed by atoms with E-state index in [1.165, 1.54) is 12.1 Å². The molecule has 0 radical (unpaired) electrons. The Morgan fingerprint density at radius 1 is 1.11 bits per heavy atom. The Labute approximate surface area is 204 Å². The van der Waals surface area contributed by atoms with Crippen molar-refractivity contribution < 1.29 is 18.7 Å². The van der Waals surface area contributed by atoms with Gasteiger partial charge in [0.25, 0.3) is 5.91 Å². The monoisotopic (exact) mass is 478 g/mol. The van der Waals surface area contributed by atoms with Gasteiger partial charge in [-0.1, -0.05) is 30.3 Å². The zero-order chi connectivity index (χ0) is 24.6. The molecule has 8 heteroatoms. The molecule has 2 aromatic carbocycles. The first kappa shape index (κ1) is 24.4. The zero-order valence-electron chi connectivity index (χ0n) is 20.0. The van der Waals surface area contributed by atoms with Gasteiger partial charge in [0.1, 0.15) is 11.6 Å². The average molecular weight is 479 g/mol. The van der Waals surface area contributed by atoms with Crippen LogP contribution < -0.4 is 4.74 Å². The summed E-state index contributed by atoms with van der Waals surface area (Å²) in [4.78, 5) is 28.9. The topological polar surface area (TPSA) is 78.5 Å². The van der Waals surface area contributed by atoms with Crippen molar-refractivity contribution in [1.29, 1.82) is 0 Å². The van der Waals surface area contributed by atoms with Gasteiger partial charge in [0.05, 0.1) is 5.69 Å². The van der Waals surface area contributed by atoms with Crippen molar-refractivity contribution in [2.45, 2.75) is 25.7 Å². The number of ether oxygens (including phenoxy) is 1. The molecule has 35 heavy (non-hydrogen) atoms. The first-order chi connectivity index (χ1) is 17.0. The minimum absolute atomic E-state index is 0.0110. The predicted molar refractivity (Wildman–Crippen MR) is 131 cm³/mol. The summed E-state index contributed by atoms with van der Waals surface area (Å²) in [5.74, 6) is 0.398. The number of rotatable bonds is 9. The fourth-order valence-electron chi connectivity index (χ4n) is 4.34. The summed E-state index contributed by atoms with van der Waals surface area (Å²) in [6, 6.07) is 17.6. The van der Waals surface area contributed by atoms with Crippen molar-refractivity contribution in [3.05, 3.63) is 72.2 Å². The molecule has 2 amide bonds. The van der Waals surface area contributed by atoms with E-state index >= 15 is 0 Å². The lowest BCUT2D eigenvalue weighted by molar-refractivity contribution is -0.140. The van der Waals surface area contributed by atoms with Crippen LogP contribution in [0, 0.1) is 11.7 Å². The Morgan fingerprint density at radius 3 is 2.63 bits per heavy atom. The fourth-order valence-corrected chi connectivity index (χ4v) is 4.34. The molecule has 1 aliphatic rings. The number of aryl methyl sites for hydroxylation is 1. The van der Waals surface area contributed by atoms with Gasteiger partial charge in [0.2, 0.25) is 5.91 Å². The van der Waals surface area contributed by atoms with Crippen LogP contribution in [0.2, 0.25) is 0 Å². The molecule has 4 rings (SSSR count). The number of H-pyrrole nitrogens is 1. The molecule has 0 aliphatic carbocycles. The van der Waals surface area contributed by atoms with Crippen LogP contribution in [-0.2, 0) is 16.0 Å². The number of carbonyl (C=O) groups excluding carboxylic acids is 2. The van der Waals surface area contributed by atoms with E-state index in [2.05, 4.69) is 10.2 Å².